The molecule has 3 aromatic rings. The lowest BCUT2D eigenvalue weighted by Gasteiger charge is -2.25. The molecule has 0 heterocycles. The van der Waals surface area contributed by atoms with E-state index in [1.807, 2.05) is 0 Å². The minimum absolute atomic E-state index is 0.316. The van der Waals surface area contributed by atoms with Gasteiger partial charge in [0.2, 0.25) is 0 Å². The van der Waals surface area contributed by atoms with Gasteiger partial charge in [0.15, 0.2) is 0 Å². The third-order valence-electron chi connectivity index (χ3n) is 6.07. The lowest BCUT2D eigenvalue weighted by atomic mass is 9.98. The molecule has 0 radical (unpaired) electrons. The van der Waals surface area contributed by atoms with Crippen LogP contribution >= 0.6 is 0 Å². The van der Waals surface area contributed by atoms with Gasteiger partial charge in [-0.25, -0.2) is 0 Å². The molecule has 0 unspecified atom stereocenters. The second-order valence-corrected chi connectivity index (χ2v) is 9.55. The Morgan fingerprint density at radius 2 is 0.620 bits per heavy atom. The number of halogens is 21. The van der Waals surface area contributed by atoms with Gasteiger partial charge in [-0.1, -0.05) is 0 Å². The van der Waals surface area contributed by atoms with E-state index in [2.05, 4.69) is 9.47 Å². The molecular formula is C25H9F21N2O2. The van der Waals surface area contributed by atoms with Gasteiger partial charge in [0, 0.05) is 6.07 Å². The van der Waals surface area contributed by atoms with Crippen LogP contribution in [0, 0.1) is 0 Å². The van der Waals surface area contributed by atoms with E-state index in [4.69, 9.17) is 11.5 Å². The first-order valence-electron chi connectivity index (χ1n) is 12.0. The molecule has 3 rings (SSSR count). The Bertz CT molecular complexity index is 1650. The van der Waals surface area contributed by atoms with Crippen LogP contribution < -0.4 is 20.9 Å². The Balaban J connectivity index is 2.45. The van der Waals surface area contributed by atoms with Gasteiger partial charge in [-0.15, -0.1) is 0 Å². The van der Waals surface area contributed by atoms with Crippen LogP contribution in [-0.2, 0) is 43.2 Å². The Hall–Kier alpha value is -4.61. The number of alkyl halides is 21. The Labute approximate surface area is 260 Å². The van der Waals surface area contributed by atoms with Gasteiger partial charge in [0.25, 0.3) is 0 Å². The highest BCUT2D eigenvalue weighted by Gasteiger charge is 2.52. The molecule has 0 atom stereocenters. The Morgan fingerprint density at radius 1 is 0.340 bits per heavy atom. The molecule has 4 N–H and O–H groups in total. The highest BCUT2D eigenvalue weighted by atomic mass is 19.4. The average Bonchev–Trinajstić information content (AvgIpc) is 2.85. The summed E-state index contributed by atoms with van der Waals surface area (Å²) in [6.45, 7) is 0. The van der Waals surface area contributed by atoms with E-state index < -0.39 is 141 Å². The average molecular weight is 768 g/mol. The van der Waals surface area contributed by atoms with Crippen LogP contribution in [0.4, 0.5) is 104 Å². The monoisotopic (exact) mass is 768 g/mol. The molecule has 4 nitrogen and oxygen atoms in total. The fourth-order valence-corrected chi connectivity index (χ4v) is 4.24. The molecule has 0 saturated heterocycles. The Morgan fingerprint density at radius 3 is 0.840 bits per heavy atom. The van der Waals surface area contributed by atoms with Crippen molar-refractivity contribution < 1.29 is 102 Å². The van der Waals surface area contributed by atoms with Crippen molar-refractivity contribution in [2.24, 2.45) is 0 Å². The fraction of sp³-hybridized carbons (Fsp3) is 0.280. The van der Waals surface area contributed by atoms with E-state index in [1.165, 1.54) is 0 Å². The van der Waals surface area contributed by atoms with E-state index in [-0.39, 0.29) is 6.07 Å². The number of hydrogen-bond donors (Lipinski definition) is 2. The summed E-state index contributed by atoms with van der Waals surface area (Å²) in [6.07, 6.45) is -43.3. The van der Waals surface area contributed by atoms with E-state index in [0.717, 1.165) is 0 Å². The van der Waals surface area contributed by atoms with Crippen molar-refractivity contribution in [3.8, 4) is 23.0 Å². The minimum Gasteiger partial charge on any atom is -0.457 e. The predicted molar refractivity (Wildman–Crippen MR) is 123 cm³/mol. The molecule has 0 saturated carbocycles. The maximum Gasteiger partial charge on any atom is 0.420 e. The highest BCUT2D eigenvalue weighted by Crippen LogP contribution is 2.54. The fourth-order valence-electron chi connectivity index (χ4n) is 4.24. The van der Waals surface area contributed by atoms with Gasteiger partial charge >= 0.3 is 43.2 Å². The maximum atomic E-state index is 13.8. The molecule has 25 heteroatoms. The molecule has 50 heavy (non-hydrogen) atoms. The quantitative estimate of drug-likeness (QED) is 0.205. The first-order chi connectivity index (χ1) is 22.1. The van der Waals surface area contributed by atoms with Crippen LogP contribution in [0.5, 0.6) is 23.0 Å². The van der Waals surface area contributed by atoms with Crippen LogP contribution in [0.1, 0.15) is 38.9 Å². The van der Waals surface area contributed by atoms with Gasteiger partial charge in [-0.05, 0) is 24.3 Å². The largest absolute Gasteiger partial charge is 0.457 e. The topological polar surface area (TPSA) is 70.5 Å². The second kappa shape index (κ2) is 12.0. The van der Waals surface area contributed by atoms with E-state index in [9.17, 15) is 92.2 Å². The molecular weight excluding hydrogens is 759 g/mol. The number of rotatable bonds is 4. The number of ether oxygens (including phenoxy) is 2. The van der Waals surface area contributed by atoms with Crippen molar-refractivity contribution in [1.29, 1.82) is 0 Å². The van der Waals surface area contributed by atoms with Crippen molar-refractivity contribution in [1.82, 2.24) is 0 Å². The highest BCUT2D eigenvalue weighted by molar-refractivity contribution is 5.67. The minimum atomic E-state index is -6.38. The summed E-state index contributed by atoms with van der Waals surface area (Å²) in [4.78, 5) is 0. The second-order valence-electron chi connectivity index (χ2n) is 9.55. The Kier molecular flexibility index (Phi) is 9.57. The first-order valence-corrected chi connectivity index (χ1v) is 12.0. The van der Waals surface area contributed by atoms with Crippen LogP contribution in [-0.4, -0.2) is 0 Å². The number of nitrogens with two attached hydrogens (primary N) is 2. The zero-order valence-corrected chi connectivity index (χ0v) is 22.8. The standard InChI is InChI=1S/C25H9F21N2O2/c26-19(27,28)6-1-7(49-11-4-9(20(29,30)31)17(47)15(24(41,42)43)13(11)22(35,36)37)3-8(2-6)50-12-5-10(21(32,33)34)18(48)16(25(44,45)46)14(12)23(38,39)40/h1-5H,47-48H2. The molecule has 0 fully saturated rings. The van der Waals surface area contributed by atoms with Crippen molar-refractivity contribution in [3.63, 3.8) is 0 Å². The summed E-state index contributed by atoms with van der Waals surface area (Å²) in [5.41, 5.74) is -16.3. The molecule has 0 aromatic heterocycles. The molecule has 0 aliphatic heterocycles. The van der Waals surface area contributed by atoms with Crippen molar-refractivity contribution in [2.45, 2.75) is 43.2 Å². The number of anilines is 2. The van der Waals surface area contributed by atoms with Crippen LogP contribution in [0.25, 0.3) is 0 Å². The number of hydrogen-bond acceptors (Lipinski definition) is 4. The zero-order chi connectivity index (χ0) is 39.0. The molecule has 0 aliphatic rings. The van der Waals surface area contributed by atoms with Gasteiger partial charge in [0.1, 0.15) is 34.1 Å². The van der Waals surface area contributed by atoms with Crippen LogP contribution in [0.3, 0.4) is 0 Å². The third-order valence-corrected chi connectivity index (χ3v) is 6.07. The summed E-state index contributed by atoms with van der Waals surface area (Å²) in [5, 5.41) is 0. The summed E-state index contributed by atoms with van der Waals surface area (Å²) >= 11 is 0. The SMILES string of the molecule is Nc1c(C(F)(F)F)cc(Oc2cc(Oc3cc(C(F)(F)F)c(N)c(C(F)(F)F)c3C(F)(F)F)cc(C(F)(F)F)c2)c(C(F)(F)F)c1C(F)(F)F. The van der Waals surface area contributed by atoms with E-state index >= 15 is 0 Å². The van der Waals surface area contributed by atoms with Gasteiger partial charge < -0.3 is 20.9 Å². The molecule has 0 amide bonds. The number of benzene rings is 3. The van der Waals surface area contributed by atoms with Crippen LogP contribution in [0.2, 0.25) is 0 Å². The lowest BCUT2D eigenvalue weighted by molar-refractivity contribution is -0.163. The molecule has 0 spiro atoms. The predicted octanol–water partition coefficient (Wildman–Crippen LogP) is 11.6. The zero-order valence-electron chi connectivity index (χ0n) is 22.8. The summed E-state index contributed by atoms with van der Waals surface area (Å²) in [7, 11) is 0. The van der Waals surface area contributed by atoms with Gasteiger partial charge in [-0.2, -0.15) is 92.2 Å². The normalized spacial score (nSPS) is 13.9. The summed E-state index contributed by atoms with van der Waals surface area (Å²) < 4.78 is 295. The van der Waals surface area contributed by atoms with E-state index in [0.29, 0.717) is 0 Å². The molecule has 3 aromatic carbocycles. The third kappa shape index (κ3) is 8.22. The summed E-state index contributed by atoms with van der Waals surface area (Å²) in [6, 6.07) is -2.95. The van der Waals surface area contributed by atoms with E-state index in [1.54, 1.807) is 0 Å². The van der Waals surface area contributed by atoms with Crippen molar-refractivity contribution in [2.75, 3.05) is 11.5 Å². The first kappa shape index (κ1) is 39.8. The van der Waals surface area contributed by atoms with Crippen molar-refractivity contribution in [3.05, 3.63) is 69.3 Å². The number of nitrogen functional groups attached to an aromatic ring is 2. The van der Waals surface area contributed by atoms with Crippen molar-refractivity contribution >= 4 is 11.4 Å². The smallest absolute Gasteiger partial charge is 0.420 e. The molecule has 0 aliphatic carbocycles. The van der Waals surface area contributed by atoms with Gasteiger partial charge in [-0.3, -0.25) is 0 Å². The lowest BCUT2D eigenvalue weighted by Crippen LogP contribution is -2.23. The van der Waals surface area contributed by atoms with Crippen LogP contribution in [0.15, 0.2) is 30.3 Å². The maximum absolute atomic E-state index is 13.8. The summed E-state index contributed by atoms with van der Waals surface area (Å²) in [5.74, 6) is -9.03. The van der Waals surface area contributed by atoms with Gasteiger partial charge in [0.05, 0.1) is 39.2 Å². The molecule has 0 bridgehead atoms. The molecule has 278 valence electrons.